The molecule has 1 aliphatic rings. The summed E-state index contributed by atoms with van der Waals surface area (Å²) in [5.41, 5.74) is 6.74. The molecule has 4 aromatic rings. The summed E-state index contributed by atoms with van der Waals surface area (Å²) in [6.45, 7) is 3.58. The molecule has 2 aromatic heterocycles. The summed E-state index contributed by atoms with van der Waals surface area (Å²) in [7, 11) is -6.57. The lowest BCUT2D eigenvalue weighted by Gasteiger charge is -2.24. The van der Waals surface area contributed by atoms with Crippen molar-refractivity contribution in [2.24, 2.45) is 0 Å². The Morgan fingerprint density at radius 3 is 2.87 bits per heavy atom. The first-order valence-electron chi connectivity index (χ1n) is 11.9. The van der Waals surface area contributed by atoms with E-state index in [2.05, 4.69) is 20.0 Å². The Morgan fingerprint density at radius 2 is 2.05 bits per heavy atom. The highest BCUT2D eigenvalue weighted by molar-refractivity contribution is 7.61. The van der Waals surface area contributed by atoms with Crippen LogP contribution >= 0.6 is 27.9 Å². The number of hydrogen-bond acceptors (Lipinski definition) is 10. The van der Waals surface area contributed by atoms with Crippen molar-refractivity contribution in [3.63, 3.8) is 0 Å². The van der Waals surface area contributed by atoms with Crippen molar-refractivity contribution in [2.75, 3.05) is 12.3 Å². The molecule has 15 heteroatoms. The lowest BCUT2D eigenvalue weighted by molar-refractivity contribution is -0.0173. The summed E-state index contributed by atoms with van der Waals surface area (Å²) < 4.78 is 38.1. The molecule has 5 rings (SSSR count). The molecule has 0 bridgehead atoms. The van der Waals surface area contributed by atoms with Crippen LogP contribution in [0, 0.1) is 0 Å². The Bertz CT molecular complexity index is 1480. The second kappa shape index (κ2) is 11.4. The molecule has 1 saturated heterocycles. The topological polar surface area (TPSA) is 156 Å². The fourth-order valence-electron chi connectivity index (χ4n) is 4.20. The maximum Gasteiger partial charge on any atom is 0.465 e. The number of nitrogens with zero attached hydrogens (tertiary/aromatic N) is 4. The van der Waals surface area contributed by atoms with E-state index < -0.39 is 22.6 Å². The van der Waals surface area contributed by atoms with Crippen molar-refractivity contribution in [1.82, 2.24) is 24.6 Å². The molecule has 12 nitrogen and oxygen atoms in total. The normalized spacial score (nSPS) is 20.2. The van der Waals surface area contributed by atoms with Gasteiger partial charge in [0.05, 0.1) is 12.7 Å². The Labute approximate surface area is 225 Å². The summed E-state index contributed by atoms with van der Waals surface area (Å²) in [4.78, 5) is 22.9. The summed E-state index contributed by atoms with van der Waals surface area (Å²) >= 11 is 6.32. The van der Waals surface area contributed by atoms with Crippen LogP contribution in [0.3, 0.4) is 0 Å². The summed E-state index contributed by atoms with van der Waals surface area (Å²) in [6.07, 6.45) is 1.71. The van der Waals surface area contributed by atoms with E-state index in [0.717, 1.165) is 10.8 Å². The second-order valence-corrected chi connectivity index (χ2v) is 12.1. The van der Waals surface area contributed by atoms with Crippen molar-refractivity contribution >= 4 is 55.7 Å². The molecule has 0 aliphatic carbocycles. The first kappa shape index (κ1) is 27.2. The number of anilines is 1. The summed E-state index contributed by atoms with van der Waals surface area (Å²) in [5.74, 6) is 0.584. The number of aromatic nitrogens is 4. The number of halogens is 1. The van der Waals surface area contributed by atoms with E-state index in [9.17, 15) is 9.46 Å². The lowest BCUT2D eigenvalue weighted by Crippen LogP contribution is -2.23. The Balaban J connectivity index is 1.22. The molecule has 2 aromatic carbocycles. The Kier molecular flexibility index (Phi) is 8.14. The van der Waals surface area contributed by atoms with E-state index >= 15 is 0 Å². The molecule has 202 valence electrons. The predicted octanol–water partition coefficient (Wildman–Crippen LogP) is 5.33. The number of nitrogen functional groups attached to an aromatic ring is 1. The van der Waals surface area contributed by atoms with E-state index in [1.165, 1.54) is 6.33 Å². The SMILES string of the molecule is CC(C)NP(=O)(Oc1cccc2ccccc12)OP(O)OCC1CCC(n2c(Cl)nc3c(N)ncnc32)O1. The third-order valence-electron chi connectivity index (χ3n) is 5.77. The van der Waals surface area contributed by atoms with Gasteiger partial charge in [0.25, 0.3) is 0 Å². The van der Waals surface area contributed by atoms with Gasteiger partial charge in [-0.2, -0.15) is 0 Å². The molecule has 1 fully saturated rings. The average Bonchev–Trinajstić information content (AvgIpc) is 3.46. The highest BCUT2D eigenvalue weighted by Crippen LogP contribution is 2.56. The highest BCUT2D eigenvalue weighted by Gasteiger charge is 2.35. The maximum atomic E-state index is 13.6. The van der Waals surface area contributed by atoms with Crippen molar-refractivity contribution in [3.05, 3.63) is 54.1 Å². The van der Waals surface area contributed by atoms with Crippen molar-refractivity contribution < 1.29 is 27.6 Å². The van der Waals surface area contributed by atoms with Crippen LogP contribution in [0.4, 0.5) is 5.82 Å². The van der Waals surface area contributed by atoms with Gasteiger partial charge in [-0.15, -0.1) is 0 Å². The number of ether oxygens (including phenoxy) is 1. The molecule has 4 unspecified atom stereocenters. The van der Waals surface area contributed by atoms with E-state index in [1.54, 1.807) is 30.5 Å². The van der Waals surface area contributed by atoms with Gasteiger partial charge in [0.15, 0.2) is 17.0 Å². The van der Waals surface area contributed by atoms with Crippen molar-refractivity contribution in [1.29, 1.82) is 0 Å². The third kappa shape index (κ3) is 5.93. The number of hydrogen-bond donors (Lipinski definition) is 3. The minimum Gasteiger partial charge on any atom is -0.412 e. The zero-order chi connectivity index (χ0) is 26.9. The quantitative estimate of drug-likeness (QED) is 0.164. The number of benzene rings is 2. The van der Waals surface area contributed by atoms with Crippen LogP contribution in [-0.2, 0) is 18.1 Å². The monoisotopic (exact) mass is 580 g/mol. The van der Waals surface area contributed by atoms with Crippen LogP contribution in [0.25, 0.3) is 21.9 Å². The second-order valence-electron chi connectivity index (χ2n) is 8.94. The first-order chi connectivity index (χ1) is 18.2. The number of nitrogens with one attached hydrogen (secondary N) is 1. The fraction of sp³-hybridized carbons (Fsp3) is 0.348. The molecular weight excluding hydrogens is 554 g/mol. The molecule has 4 N–H and O–H groups in total. The molecular formula is C23H27ClN6O6P2. The molecule has 38 heavy (non-hydrogen) atoms. The van der Waals surface area contributed by atoms with Crippen LogP contribution in [0.1, 0.15) is 32.9 Å². The van der Waals surface area contributed by atoms with Gasteiger partial charge < -0.3 is 24.4 Å². The maximum absolute atomic E-state index is 13.6. The number of fused-ring (bicyclic) bond motifs is 2. The largest absolute Gasteiger partial charge is 0.465 e. The van der Waals surface area contributed by atoms with Gasteiger partial charge in [0.1, 0.15) is 18.3 Å². The summed E-state index contributed by atoms with van der Waals surface area (Å²) in [5, 5.41) is 4.64. The minimum absolute atomic E-state index is 0.00395. The lowest BCUT2D eigenvalue weighted by atomic mass is 10.1. The Morgan fingerprint density at radius 1 is 1.26 bits per heavy atom. The van der Waals surface area contributed by atoms with Gasteiger partial charge in [0, 0.05) is 11.4 Å². The van der Waals surface area contributed by atoms with Crippen LogP contribution in [-0.4, -0.2) is 43.2 Å². The van der Waals surface area contributed by atoms with Gasteiger partial charge in [-0.3, -0.25) is 4.57 Å². The average molecular weight is 581 g/mol. The molecule has 0 spiro atoms. The molecule has 0 amide bonds. The number of rotatable bonds is 10. The van der Waals surface area contributed by atoms with E-state index in [0.29, 0.717) is 29.8 Å². The van der Waals surface area contributed by atoms with Crippen LogP contribution in [0.15, 0.2) is 48.8 Å². The van der Waals surface area contributed by atoms with Crippen LogP contribution in [0.5, 0.6) is 5.75 Å². The first-order valence-corrected chi connectivity index (χ1v) is 14.9. The third-order valence-corrected chi connectivity index (χ3v) is 9.09. The van der Waals surface area contributed by atoms with Crippen molar-refractivity contribution in [2.45, 2.75) is 45.1 Å². The number of imidazole rings is 1. The van der Waals surface area contributed by atoms with Gasteiger partial charge in [-0.05, 0) is 49.7 Å². The van der Waals surface area contributed by atoms with Crippen LogP contribution in [0.2, 0.25) is 5.28 Å². The molecule has 0 saturated carbocycles. The fourth-order valence-corrected chi connectivity index (χ4v) is 7.12. The smallest absolute Gasteiger partial charge is 0.412 e. The molecule has 1 aliphatic heterocycles. The van der Waals surface area contributed by atoms with Gasteiger partial charge in [-0.1, -0.05) is 36.4 Å². The van der Waals surface area contributed by atoms with Crippen LogP contribution < -0.4 is 15.3 Å². The van der Waals surface area contributed by atoms with Gasteiger partial charge in [-0.25, -0.2) is 28.9 Å². The zero-order valence-electron chi connectivity index (χ0n) is 20.6. The van der Waals surface area contributed by atoms with Gasteiger partial charge >= 0.3 is 16.3 Å². The predicted molar refractivity (Wildman–Crippen MR) is 145 cm³/mol. The molecule has 3 heterocycles. The van der Waals surface area contributed by atoms with E-state index in [4.69, 9.17) is 35.4 Å². The molecule has 0 radical (unpaired) electrons. The minimum atomic E-state index is -4.00. The standard InChI is InChI=1S/C23H27ClN6O6P2/c1-14(2)29-38(32,35-18-9-5-7-15-6-3-4-8-17(15)18)36-37(31)33-12-16-10-11-19(34-16)30-22-20(28-23(30)24)21(25)26-13-27-22/h3-9,13-14,16,19,31H,10-12H2,1-2H3,(H,29,32)(H2,25,26,27). The van der Waals surface area contributed by atoms with E-state index in [1.807, 2.05) is 30.3 Å². The summed E-state index contributed by atoms with van der Waals surface area (Å²) in [6, 6.07) is 12.7. The van der Waals surface area contributed by atoms with Crippen molar-refractivity contribution in [3.8, 4) is 5.75 Å². The highest BCUT2D eigenvalue weighted by atomic mass is 35.5. The Hall–Kier alpha value is -2.40. The van der Waals surface area contributed by atoms with Gasteiger partial charge in [0.2, 0.25) is 5.28 Å². The zero-order valence-corrected chi connectivity index (χ0v) is 23.1. The molecule has 4 atom stereocenters. The number of nitrogens with two attached hydrogens (primary N) is 1. The van der Waals surface area contributed by atoms with E-state index in [-0.39, 0.29) is 29.9 Å².